The standard InChI is InChI=1S/C3H5NS2/c5-3-1-6-2-4-3/h2-3,5H,1H2. The van der Waals surface area contributed by atoms with E-state index in [1.807, 2.05) is 5.55 Å². The van der Waals surface area contributed by atoms with E-state index in [1.54, 1.807) is 11.8 Å². The van der Waals surface area contributed by atoms with Crippen molar-refractivity contribution < 1.29 is 0 Å². The van der Waals surface area contributed by atoms with E-state index in [4.69, 9.17) is 0 Å². The molecule has 1 atom stereocenters. The number of nitrogens with zero attached hydrogens (tertiary/aromatic N) is 1. The lowest BCUT2D eigenvalue weighted by Crippen LogP contribution is -1.87. The normalized spacial score (nSPS) is 31.8. The molecule has 0 aromatic heterocycles. The summed E-state index contributed by atoms with van der Waals surface area (Å²) in [6, 6.07) is 0. The fourth-order valence-electron chi connectivity index (χ4n) is 0.285. The number of hydrogen-bond acceptors (Lipinski definition) is 3. The van der Waals surface area contributed by atoms with Gasteiger partial charge in [0.25, 0.3) is 0 Å². The van der Waals surface area contributed by atoms with Crippen molar-refractivity contribution in [2.24, 2.45) is 4.99 Å². The van der Waals surface area contributed by atoms with Gasteiger partial charge >= 0.3 is 0 Å². The van der Waals surface area contributed by atoms with Crippen LogP contribution in [-0.4, -0.2) is 16.7 Å². The van der Waals surface area contributed by atoms with E-state index in [-0.39, 0.29) is 5.37 Å². The van der Waals surface area contributed by atoms with Crippen LogP contribution in [0, 0.1) is 0 Å². The minimum Gasteiger partial charge on any atom is -0.272 e. The molecule has 0 aromatic carbocycles. The Morgan fingerprint density at radius 3 is 3.00 bits per heavy atom. The second kappa shape index (κ2) is 1.89. The topological polar surface area (TPSA) is 12.4 Å². The van der Waals surface area contributed by atoms with Gasteiger partial charge in [-0.05, 0) is 0 Å². The first-order valence-electron chi connectivity index (χ1n) is 1.71. The quantitative estimate of drug-likeness (QED) is 0.469. The van der Waals surface area contributed by atoms with E-state index >= 15 is 0 Å². The lowest BCUT2D eigenvalue weighted by atomic mass is 10.8. The molecule has 1 rings (SSSR count). The Labute approximate surface area is 46.6 Å². The Morgan fingerprint density at radius 1 is 2.00 bits per heavy atom. The van der Waals surface area contributed by atoms with Gasteiger partial charge in [-0.2, -0.15) is 12.6 Å². The molecule has 1 heterocycles. The minimum absolute atomic E-state index is 0.273. The van der Waals surface area contributed by atoms with Gasteiger partial charge in [-0.1, -0.05) is 0 Å². The molecular formula is C3H5NS2. The van der Waals surface area contributed by atoms with Gasteiger partial charge in [-0.15, -0.1) is 11.8 Å². The molecule has 1 nitrogen and oxygen atoms in total. The lowest BCUT2D eigenvalue weighted by Gasteiger charge is -1.86. The van der Waals surface area contributed by atoms with E-state index in [2.05, 4.69) is 17.6 Å². The van der Waals surface area contributed by atoms with Crippen LogP contribution in [0.2, 0.25) is 0 Å². The maximum Gasteiger partial charge on any atom is 0.102 e. The summed E-state index contributed by atoms with van der Waals surface area (Å²) in [6.45, 7) is 0. The zero-order valence-electron chi connectivity index (χ0n) is 3.16. The highest BCUT2D eigenvalue weighted by Gasteiger charge is 2.01. The summed E-state index contributed by atoms with van der Waals surface area (Å²) in [5, 5.41) is 0.273. The molecule has 1 unspecified atom stereocenters. The van der Waals surface area contributed by atoms with Crippen molar-refractivity contribution in [1.29, 1.82) is 0 Å². The highest BCUT2D eigenvalue weighted by molar-refractivity contribution is 8.12. The Kier molecular flexibility index (Phi) is 1.42. The van der Waals surface area contributed by atoms with Gasteiger partial charge in [0, 0.05) is 5.75 Å². The molecule has 0 fully saturated rings. The van der Waals surface area contributed by atoms with E-state index in [9.17, 15) is 0 Å². The van der Waals surface area contributed by atoms with Crippen LogP contribution in [0.3, 0.4) is 0 Å². The third-order valence-corrected chi connectivity index (χ3v) is 1.89. The second-order valence-corrected chi connectivity index (χ2v) is 2.54. The van der Waals surface area contributed by atoms with E-state index in [0.717, 1.165) is 5.75 Å². The molecule has 1 aliphatic rings. The SMILES string of the molecule is SC1CSC=N1. The fraction of sp³-hybridized carbons (Fsp3) is 0.667. The number of rotatable bonds is 0. The molecule has 6 heavy (non-hydrogen) atoms. The van der Waals surface area contributed by atoms with Gasteiger partial charge in [0.1, 0.15) is 5.37 Å². The van der Waals surface area contributed by atoms with Crippen molar-refractivity contribution in [3.05, 3.63) is 0 Å². The van der Waals surface area contributed by atoms with Crippen LogP contribution < -0.4 is 0 Å². The van der Waals surface area contributed by atoms with Gasteiger partial charge < -0.3 is 0 Å². The average Bonchev–Trinajstić information content (AvgIpc) is 1.86. The van der Waals surface area contributed by atoms with Crippen LogP contribution in [0.25, 0.3) is 0 Å². The molecule has 1 aliphatic heterocycles. The van der Waals surface area contributed by atoms with Gasteiger partial charge in [0.15, 0.2) is 0 Å². The highest BCUT2D eigenvalue weighted by Crippen LogP contribution is 2.12. The number of thiol groups is 1. The molecule has 0 spiro atoms. The lowest BCUT2D eigenvalue weighted by molar-refractivity contribution is 1.10. The van der Waals surface area contributed by atoms with Crippen molar-refractivity contribution in [2.45, 2.75) is 5.37 Å². The van der Waals surface area contributed by atoms with Crippen LogP contribution in [-0.2, 0) is 0 Å². The van der Waals surface area contributed by atoms with Gasteiger partial charge in [-0.3, -0.25) is 4.99 Å². The van der Waals surface area contributed by atoms with Crippen LogP contribution >= 0.6 is 24.4 Å². The van der Waals surface area contributed by atoms with Crippen LogP contribution in [0.15, 0.2) is 4.99 Å². The van der Waals surface area contributed by atoms with Gasteiger partial charge in [0.2, 0.25) is 0 Å². The summed E-state index contributed by atoms with van der Waals surface area (Å²) in [5.74, 6) is 1.04. The van der Waals surface area contributed by atoms with E-state index < -0.39 is 0 Å². The highest BCUT2D eigenvalue weighted by atomic mass is 32.2. The number of thioether (sulfide) groups is 1. The third kappa shape index (κ3) is 0.914. The Balaban J connectivity index is 2.38. The Hall–Kier alpha value is 0.370. The summed E-state index contributed by atoms with van der Waals surface area (Å²) in [6.07, 6.45) is 0. The van der Waals surface area contributed by atoms with E-state index in [0.29, 0.717) is 0 Å². The van der Waals surface area contributed by atoms with Crippen LogP contribution in [0.5, 0.6) is 0 Å². The summed E-state index contributed by atoms with van der Waals surface area (Å²) in [7, 11) is 0. The maximum atomic E-state index is 4.07. The molecule has 0 N–H and O–H groups in total. The molecule has 0 saturated heterocycles. The van der Waals surface area contributed by atoms with Crippen molar-refractivity contribution in [3.8, 4) is 0 Å². The molecular weight excluding hydrogens is 114 g/mol. The first-order chi connectivity index (χ1) is 2.89. The Morgan fingerprint density at radius 2 is 2.83 bits per heavy atom. The second-order valence-electron chi connectivity index (χ2n) is 1.07. The largest absolute Gasteiger partial charge is 0.272 e. The summed E-state index contributed by atoms with van der Waals surface area (Å²) < 4.78 is 0. The molecule has 0 amide bonds. The Bertz CT molecular complexity index is 71.2. The summed E-state index contributed by atoms with van der Waals surface area (Å²) >= 11 is 5.79. The number of hydrogen-bond donors (Lipinski definition) is 1. The van der Waals surface area contributed by atoms with Gasteiger partial charge in [-0.25, -0.2) is 0 Å². The molecule has 3 heteroatoms. The van der Waals surface area contributed by atoms with Crippen molar-refractivity contribution in [2.75, 3.05) is 5.75 Å². The smallest absolute Gasteiger partial charge is 0.102 e. The summed E-state index contributed by atoms with van der Waals surface area (Å²) in [5.41, 5.74) is 1.84. The maximum absolute atomic E-state index is 4.07. The first kappa shape index (κ1) is 4.53. The molecule has 34 valence electrons. The van der Waals surface area contributed by atoms with E-state index in [1.165, 1.54) is 0 Å². The predicted octanol–water partition coefficient (Wildman–Crippen LogP) is 1.02. The zero-order chi connectivity index (χ0) is 4.41. The minimum atomic E-state index is 0.273. The first-order valence-corrected chi connectivity index (χ1v) is 3.27. The molecule has 0 bridgehead atoms. The van der Waals surface area contributed by atoms with Crippen molar-refractivity contribution in [3.63, 3.8) is 0 Å². The van der Waals surface area contributed by atoms with Crippen molar-refractivity contribution in [1.82, 2.24) is 0 Å². The monoisotopic (exact) mass is 119 g/mol. The number of aliphatic imine (C=N–C) groups is 1. The zero-order valence-corrected chi connectivity index (χ0v) is 4.88. The molecule has 0 radical (unpaired) electrons. The van der Waals surface area contributed by atoms with Crippen LogP contribution in [0.1, 0.15) is 0 Å². The molecule has 0 saturated carbocycles. The molecule has 0 aromatic rings. The fourth-order valence-corrected chi connectivity index (χ4v) is 1.28. The molecule has 0 aliphatic carbocycles. The summed E-state index contributed by atoms with van der Waals surface area (Å²) in [4.78, 5) is 3.94. The third-order valence-electron chi connectivity index (χ3n) is 0.553. The van der Waals surface area contributed by atoms with Gasteiger partial charge in [0.05, 0.1) is 5.55 Å². The predicted molar refractivity (Wildman–Crippen MR) is 33.7 cm³/mol. The van der Waals surface area contributed by atoms with Crippen molar-refractivity contribution >= 4 is 29.9 Å². The average molecular weight is 119 g/mol. The van der Waals surface area contributed by atoms with Crippen LogP contribution in [0.4, 0.5) is 0 Å².